The lowest BCUT2D eigenvalue weighted by Crippen LogP contribution is -2.37. The molecule has 1 atom stereocenters. The van der Waals surface area contributed by atoms with Crippen molar-refractivity contribution < 1.29 is 9.47 Å². The van der Waals surface area contributed by atoms with Crippen molar-refractivity contribution in [2.24, 2.45) is 0 Å². The van der Waals surface area contributed by atoms with Crippen molar-refractivity contribution in [2.45, 2.75) is 25.8 Å². The summed E-state index contributed by atoms with van der Waals surface area (Å²) in [7, 11) is 0. The number of hydrogen-bond acceptors (Lipinski definition) is 3. The van der Waals surface area contributed by atoms with Gasteiger partial charge >= 0.3 is 0 Å². The van der Waals surface area contributed by atoms with Crippen LogP contribution in [0.15, 0.2) is 36.1 Å². The van der Waals surface area contributed by atoms with E-state index in [4.69, 9.17) is 21.1 Å². The quantitative estimate of drug-likeness (QED) is 0.831. The van der Waals surface area contributed by atoms with Gasteiger partial charge in [0.05, 0.1) is 12.6 Å². The first kappa shape index (κ1) is 14.2. The average Bonchev–Trinajstić information content (AvgIpc) is 2.93. The number of ether oxygens (including phenoxy) is 2. The third-order valence-corrected chi connectivity index (χ3v) is 3.16. The van der Waals surface area contributed by atoms with E-state index in [9.17, 15) is 0 Å². The molecule has 0 aromatic heterocycles. The van der Waals surface area contributed by atoms with Gasteiger partial charge in [0.15, 0.2) is 0 Å². The summed E-state index contributed by atoms with van der Waals surface area (Å²) in [4.78, 5) is 0. The molecule has 0 spiro atoms. The molecule has 2 rings (SSSR count). The molecule has 0 saturated carbocycles. The van der Waals surface area contributed by atoms with E-state index in [1.807, 2.05) is 24.3 Å². The molecule has 0 amide bonds. The van der Waals surface area contributed by atoms with E-state index in [1.165, 1.54) is 0 Å². The predicted octanol–water partition coefficient (Wildman–Crippen LogP) is 3.39. The molecular weight excluding hydrogens is 262 g/mol. The highest BCUT2D eigenvalue weighted by molar-refractivity contribution is 6.30. The number of halogens is 1. The van der Waals surface area contributed by atoms with Crippen LogP contribution < -0.4 is 10.1 Å². The van der Waals surface area contributed by atoms with Crippen molar-refractivity contribution in [1.29, 1.82) is 0 Å². The minimum absolute atomic E-state index is 0.112. The number of benzene rings is 1. The van der Waals surface area contributed by atoms with Gasteiger partial charge in [-0.25, -0.2) is 0 Å². The van der Waals surface area contributed by atoms with E-state index < -0.39 is 0 Å². The van der Waals surface area contributed by atoms with Crippen LogP contribution in [0.2, 0.25) is 5.02 Å². The lowest BCUT2D eigenvalue weighted by Gasteiger charge is -2.20. The van der Waals surface area contributed by atoms with Crippen molar-refractivity contribution in [3.63, 3.8) is 0 Å². The second kappa shape index (κ2) is 7.41. The SMILES string of the molecule is CCCNC(COc1cccc(Cl)c1)C1=CCCO1. The van der Waals surface area contributed by atoms with Crippen LogP contribution in [-0.4, -0.2) is 25.8 Å². The zero-order valence-corrected chi connectivity index (χ0v) is 12.0. The summed E-state index contributed by atoms with van der Waals surface area (Å²) in [5, 5.41) is 4.13. The van der Waals surface area contributed by atoms with Crippen LogP contribution in [0.25, 0.3) is 0 Å². The maximum atomic E-state index is 5.94. The Hall–Kier alpha value is -1.19. The third-order valence-electron chi connectivity index (χ3n) is 2.93. The molecule has 1 unspecified atom stereocenters. The van der Waals surface area contributed by atoms with Gasteiger partial charge in [0.2, 0.25) is 0 Å². The highest BCUT2D eigenvalue weighted by atomic mass is 35.5. The molecule has 0 aliphatic carbocycles. The Morgan fingerprint density at radius 3 is 3.05 bits per heavy atom. The summed E-state index contributed by atoms with van der Waals surface area (Å²) in [6.45, 7) is 4.42. The molecule has 1 aromatic carbocycles. The molecule has 1 N–H and O–H groups in total. The second-order valence-electron chi connectivity index (χ2n) is 4.52. The van der Waals surface area contributed by atoms with E-state index in [-0.39, 0.29) is 6.04 Å². The average molecular weight is 282 g/mol. The van der Waals surface area contributed by atoms with Crippen LogP contribution in [0.1, 0.15) is 19.8 Å². The molecule has 1 heterocycles. The predicted molar refractivity (Wildman–Crippen MR) is 77.7 cm³/mol. The molecule has 4 heteroatoms. The highest BCUT2D eigenvalue weighted by Gasteiger charge is 2.18. The summed E-state index contributed by atoms with van der Waals surface area (Å²) < 4.78 is 11.4. The fourth-order valence-electron chi connectivity index (χ4n) is 1.98. The van der Waals surface area contributed by atoms with Gasteiger partial charge in [0.25, 0.3) is 0 Å². The van der Waals surface area contributed by atoms with E-state index in [0.717, 1.165) is 37.5 Å². The van der Waals surface area contributed by atoms with Gasteiger partial charge in [0.1, 0.15) is 18.1 Å². The molecule has 1 aliphatic heterocycles. The summed E-state index contributed by atoms with van der Waals surface area (Å²) >= 11 is 5.94. The molecule has 104 valence electrons. The van der Waals surface area contributed by atoms with Gasteiger partial charge in [-0.2, -0.15) is 0 Å². The largest absolute Gasteiger partial charge is 0.496 e. The van der Waals surface area contributed by atoms with E-state index in [2.05, 4.69) is 18.3 Å². The van der Waals surface area contributed by atoms with Crippen LogP contribution in [0, 0.1) is 0 Å². The van der Waals surface area contributed by atoms with Crippen LogP contribution in [0.3, 0.4) is 0 Å². The smallest absolute Gasteiger partial charge is 0.120 e. The Kier molecular flexibility index (Phi) is 5.55. The van der Waals surface area contributed by atoms with E-state index >= 15 is 0 Å². The number of hydrogen-bond donors (Lipinski definition) is 1. The zero-order chi connectivity index (χ0) is 13.5. The van der Waals surface area contributed by atoms with Crippen molar-refractivity contribution in [1.82, 2.24) is 5.32 Å². The molecule has 1 aliphatic rings. The summed E-state index contributed by atoms with van der Waals surface area (Å²) in [5.41, 5.74) is 0. The van der Waals surface area contributed by atoms with Crippen molar-refractivity contribution in [3.05, 3.63) is 41.1 Å². The first-order valence-electron chi connectivity index (χ1n) is 6.74. The first-order chi connectivity index (χ1) is 9.29. The Morgan fingerprint density at radius 2 is 2.37 bits per heavy atom. The summed E-state index contributed by atoms with van der Waals surface area (Å²) in [5.74, 6) is 1.78. The standard InChI is InChI=1S/C15H20ClNO2/c1-2-8-17-14(15-7-4-9-18-15)11-19-13-6-3-5-12(16)10-13/h3,5-7,10,14,17H,2,4,8-9,11H2,1H3. The van der Waals surface area contributed by atoms with Crippen molar-refractivity contribution in [3.8, 4) is 5.75 Å². The Labute approximate surface area is 119 Å². The van der Waals surface area contributed by atoms with Gasteiger partial charge < -0.3 is 14.8 Å². The minimum atomic E-state index is 0.112. The molecular formula is C15H20ClNO2. The van der Waals surface area contributed by atoms with Gasteiger partial charge in [-0.3, -0.25) is 0 Å². The van der Waals surface area contributed by atoms with Gasteiger partial charge in [-0.15, -0.1) is 0 Å². The highest BCUT2D eigenvalue weighted by Crippen LogP contribution is 2.19. The third kappa shape index (κ3) is 4.44. The molecule has 0 radical (unpaired) electrons. The summed E-state index contributed by atoms with van der Waals surface area (Å²) in [6.07, 6.45) is 4.20. The molecule has 0 saturated heterocycles. The fraction of sp³-hybridized carbons (Fsp3) is 0.467. The minimum Gasteiger partial charge on any atom is -0.496 e. The molecule has 0 fully saturated rings. The Balaban J connectivity index is 1.92. The zero-order valence-electron chi connectivity index (χ0n) is 11.2. The lowest BCUT2D eigenvalue weighted by molar-refractivity contribution is 0.183. The van der Waals surface area contributed by atoms with Crippen molar-refractivity contribution in [2.75, 3.05) is 19.8 Å². The molecule has 3 nitrogen and oxygen atoms in total. The van der Waals surface area contributed by atoms with Crippen LogP contribution in [0.4, 0.5) is 0 Å². The topological polar surface area (TPSA) is 30.5 Å². The fourth-order valence-corrected chi connectivity index (χ4v) is 2.16. The molecule has 1 aromatic rings. The van der Waals surface area contributed by atoms with Crippen LogP contribution in [-0.2, 0) is 4.74 Å². The van der Waals surface area contributed by atoms with Crippen LogP contribution >= 0.6 is 11.6 Å². The maximum absolute atomic E-state index is 5.94. The lowest BCUT2D eigenvalue weighted by atomic mass is 10.2. The molecule has 0 bridgehead atoms. The maximum Gasteiger partial charge on any atom is 0.120 e. The number of nitrogens with one attached hydrogen (secondary N) is 1. The van der Waals surface area contributed by atoms with Crippen LogP contribution in [0.5, 0.6) is 5.75 Å². The van der Waals surface area contributed by atoms with Crippen molar-refractivity contribution >= 4 is 11.6 Å². The molecule has 19 heavy (non-hydrogen) atoms. The van der Waals surface area contributed by atoms with Gasteiger partial charge in [-0.1, -0.05) is 24.6 Å². The first-order valence-corrected chi connectivity index (χ1v) is 7.12. The Bertz CT molecular complexity index is 434. The number of rotatable bonds is 7. The monoisotopic (exact) mass is 281 g/mol. The van der Waals surface area contributed by atoms with Gasteiger partial charge in [-0.05, 0) is 37.2 Å². The van der Waals surface area contributed by atoms with Gasteiger partial charge in [0, 0.05) is 11.4 Å². The Morgan fingerprint density at radius 1 is 1.47 bits per heavy atom. The second-order valence-corrected chi connectivity index (χ2v) is 4.96. The van der Waals surface area contributed by atoms with E-state index in [0.29, 0.717) is 11.6 Å². The normalized spacial score (nSPS) is 15.8. The summed E-state index contributed by atoms with van der Waals surface area (Å²) in [6, 6.07) is 7.57. The van der Waals surface area contributed by atoms with E-state index in [1.54, 1.807) is 0 Å².